The zero-order chi connectivity index (χ0) is 36.7. The summed E-state index contributed by atoms with van der Waals surface area (Å²) >= 11 is 1.65. The standard InChI is InChI=1S/C44H28S/c1-3-13-29(14-4-1)32-25-33(30-15-5-2-6-16-30)27-34(26-32)44-38-20-9-7-18-36(38)43(37-19-8-10-21-39(37)44)31-23-24-42-40(28-31)35-17-11-12-22-41(35)45-42/h1-28H/i7D,8D,9D,10D,18D,19D,20D,21D. The van der Waals surface area contributed by atoms with Crippen molar-refractivity contribution in [2.45, 2.75) is 0 Å². The minimum atomic E-state index is -0.420. The van der Waals surface area contributed by atoms with Crippen molar-refractivity contribution in [3.63, 3.8) is 0 Å². The second kappa shape index (κ2) is 10.6. The molecule has 0 saturated heterocycles. The van der Waals surface area contributed by atoms with E-state index in [1.807, 2.05) is 109 Å². The topological polar surface area (TPSA) is 0 Å². The maximum Gasteiger partial charge on any atom is 0.0629 e. The van der Waals surface area contributed by atoms with E-state index in [-0.39, 0.29) is 45.7 Å². The van der Waals surface area contributed by atoms with Crippen LogP contribution in [0, 0.1) is 0 Å². The molecule has 0 amide bonds. The predicted molar refractivity (Wildman–Crippen MR) is 196 cm³/mol. The quantitative estimate of drug-likeness (QED) is 0.177. The van der Waals surface area contributed by atoms with Crippen molar-refractivity contribution in [3.05, 3.63) is 170 Å². The molecule has 0 saturated carbocycles. The summed E-state index contributed by atoms with van der Waals surface area (Å²) in [4.78, 5) is 0. The number of benzene rings is 8. The van der Waals surface area contributed by atoms with Gasteiger partial charge in [0.2, 0.25) is 0 Å². The van der Waals surface area contributed by atoms with Gasteiger partial charge in [-0.25, -0.2) is 0 Å². The van der Waals surface area contributed by atoms with Crippen LogP contribution < -0.4 is 0 Å². The number of thiophene rings is 1. The zero-order valence-corrected chi connectivity index (χ0v) is 24.8. The molecule has 0 bridgehead atoms. The van der Waals surface area contributed by atoms with Gasteiger partial charge in [0, 0.05) is 20.2 Å². The lowest BCUT2D eigenvalue weighted by Crippen LogP contribution is -1.92. The molecule has 1 heterocycles. The smallest absolute Gasteiger partial charge is 0.0629 e. The molecule has 8 aromatic carbocycles. The first-order valence-corrected chi connectivity index (χ1v) is 15.6. The average Bonchev–Trinajstić information content (AvgIpc) is 3.58. The normalized spacial score (nSPS) is 14.0. The molecule has 0 atom stereocenters. The summed E-state index contributed by atoms with van der Waals surface area (Å²) in [5.74, 6) is 0. The molecule has 9 rings (SSSR count). The monoisotopic (exact) mass is 596 g/mol. The summed E-state index contributed by atoms with van der Waals surface area (Å²) < 4.78 is 75.3. The van der Waals surface area contributed by atoms with Gasteiger partial charge in [-0.15, -0.1) is 11.3 Å². The maximum atomic E-state index is 9.44. The highest BCUT2D eigenvalue weighted by atomic mass is 32.1. The van der Waals surface area contributed by atoms with Gasteiger partial charge < -0.3 is 0 Å². The van der Waals surface area contributed by atoms with Crippen molar-refractivity contribution < 1.29 is 11.0 Å². The van der Waals surface area contributed by atoms with E-state index in [1.54, 1.807) is 11.3 Å². The molecule has 0 N–H and O–H groups in total. The van der Waals surface area contributed by atoms with Gasteiger partial charge in [-0.05, 0) is 102 Å². The van der Waals surface area contributed by atoms with Gasteiger partial charge in [-0.3, -0.25) is 0 Å². The first-order valence-electron chi connectivity index (χ1n) is 18.8. The molecule has 0 radical (unpaired) electrons. The van der Waals surface area contributed by atoms with Crippen molar-refractivity contribution in [1.29, 1.82) is 0 Å². The van der Waals surface area contributed by atoms with Gasteiger partial charge in [-0.1, -0.05) is 133 Å². The highest BCUT2D eigenvalue weighted by molar-refractivity contribution is 7.25. The Morgan fingerprint density at radius 3 is 1.38 bits per heavy atom. The molecular weight excluding hydrogens is 561 g/mol. The fourth-order valence-corrected chi connectivity index (χ4v) is 7.54. The fourth-order valence-electron chi connectivity index (χ4n) is 6.45. The average molecular weight is 597 g/mol. The van der Waals surface area contributed by atoms with Crippen LogP contribution in [0.15, 0.2) is 170 Å². The fraction of sp³-hybridized carbons (Fsp3) is 0. The van der Waals surface area contributed by atoms with Crippen LogP contribution in [-0.4, -0.2) is 0 Å². The Morgan fingerprint density at radius 2 is 0.800 bits per heavy atom. The first kappa shape index (κ1) is 19.0. The summed E-state index contributed by atoms with van der Waals surface area (Å²) in [6.45, 7) is 0. The highest BCUT2D eigenvalue weighted by Crippen LogP contribution is 2.46. The molecule has 1 heteroatoms. The zero-order valence-electron chi connectivity index (χ0n) is 32.0. The van der Waals surface area contributed by atoms with Gasteiger partial charge in [0.05, 0.1) is 11.0 Å². The Kier molecular flexibility index (Phi) is 4.47. The van der Waals surface area contributed by atoms with Crippen LogP contribution in [0.5, 0.6) is 0 Å². The summed E-state index contributed by atoms with van der Waals surface area (Å²) in [5, 5.41) is 2.79. The predicted octanol–water partition coefficient (Wildman–Crippen LogP) is 13.0. The third-order valence-electron chi connectivity index (χ3n) is 8.48. The molecule has 0 nitrogen and oxygen atoms in total. The Labute approximate surface area is 277 Å². The van der Waals surface area contributed by atoms with Crippen molar-refractivity contribution in [3.8, 4) is 44.5 Å². The maximum absolute atomic E-state index is 9.44. The SMILES string of the molecule is [2H]c1c([2H])c([2H])c2c(-c3ccc4sc5ccccc5c4c3)c3c([2H])c([2H])c([2H])c([2H])c3c(-c3cc(-c4ccccc4)cc(-c4ccccc4)c3)c2c1[2H]. The van der Waals surface area contributed by atoms with E-state index >= 15 is 0 Å². The summed E-state index contributed by atoms with van der Waals surface area (Å²) in [6, 6.07) is 36.7. The molecule has 1 aromatic heterocycles. The molecule has 0 fully saturated rings. The Balaban J connectivity index is 1.52. The summed E-state index contributed by atoms with van der Waals surface area (Å²) in [7, 11) is 0. The van der Waals surface area contributed by atoms with Crippen LogP contribution in [0.1, 0.15) is 11.0 Å². The molecule has 0 aliphatic rings. The number of fused-ring (bicyclic) bond motifs is 5. The van der Waals surface area contributed by atoms with E-state index in [0.717, 1.165) is 42.4 Å². The van der Waals surface area contributed by atoms with Gasteiger partial charge in [0.1, 0.15) is 0 Å². The molecule has 210 valence electrons. The van der Waals surface area contributed by atoms with Crippen molar-refractivity contribution in [1.82, 2.24) is 0 Å². The second-order valence-corrected chi connectivity index (χ2v) is 12.2. The van der Waals surface area contributed by atoms with Gasteiger partial charge in [-0.2, -0.15) is 0 Å². The highest BCUT2D eigenvalue weighted by Gasteiger charge is 2.18. The van der Waals surface area contributed by atoms with Crippen LogP contribution in [0.3, 0.4) is 0 Å². The number of hydrogen-bond acceptors (Lipinski definition) is 1. The van der Waals surface area contributed by atoms with Crippen LogP contribution >= 0.6 is 11.3 Å². The Hall–Kier alpha value is -5.50. The number of rotatable bonds is 4. The molecular formula is C44H28S. The van der Waals surface area contributed by atoms with Crippen LogP contribution in [0.25, 0.3) is 86.2 Å². The number of hydrogen-bond donors (Lipinski definition) is 0. The van der Waals surface area contributed by atoms with Gasteiger partial charge in [0.25, 0.3) is 0 Å². The molecule has 45 heavy (non-hydrogen) atoms. The Bertz CT molecular complexity index is 2830. The molecule has 0 aliphatic heterocycles. The Morgan fingerprint density at radius 1 is 0.333 bits per heavy atom. The van der Waals surface area contributed by atoms with Gasteiger partial charge >= 0.3 is 0 Å². The minimum Gasteiger partial charge on any atom is -0.135 e. The van der Waals surface area contributed by atoms with E-state index in [2.05, 4.69) is 12.1 Å². The lowest BCUT2D eigenvalue weighted by molar-refractivity contribution is 1.58. The minimum absolute atomic E-state index is 0.197. The molecule has 9 aromatic rings. The third-order valence-corrected chi connectivity index (χ3v) is 9.63. The van der Waals surface area contributed by atoms with Crippen LogP contribution in [0.2, 0.25) is 0 Å². The summed E-state index contributed by atoms with van der Waals surface area (Å²) in [6.07, 6.45) is 0. The van der Waals surface area contributed by atoms with Crippen molar-refractivity contribution >= 4 is 53.1 Å². The van der Waals surface area contributed by atoms with Crippen LogP contribution in [-0.2, 0) is 0 Å². The lowest BCUT2D eigenvalue weighted by atomic mass is 9.84. The van der Waals surface area contributed by atoms with E-state index in [0.29, 0.717) is 22.3 Å². The van der Waals surface area contributed by atoms with Crippen LogP contribution in [0.4, 0.5) is 0 Å². The van der Waals surface area contributed by atoms with E-state index in [9.17, 15) is 5.48 Å². The van der Waals surface area contributed by atoms with Crippen molar-refractivity contribution in [2.24, 2.45) is 0 Å². The first-order chi connectivity index (χ1) is 25.6. The van der Waals surface area contributed by atoms with E-state index in [4.69, 9.17) is 5.48 Å². The van der Waals surface area contributed by atoms with Crippen molar-refractivity contribution in [2.75, 3.05) is 0 Å². The van der Waals surface area contributed by atoms with E-state index in [1.165, 1.54) is 0 Å². The second-order valence-electron chi connectivity index (χ2n) is 11.1. The third kappa shape index (κ3) is 4.36. The lowest BCUT2D eigenvalue weighted by Gasteiger charge is -2.19. The van der Waals surface area contributed by atoms with Gasteiger partial charge in [0.15, 0.2) is 0 Å². The van der Waals surface area contributed by atoms with E-state index < -0.39 is 24.2 Å². The molecule has 0 aliphatic carbocycles. The summed E-state index contributed by atoms with van der Waals surface area (Å²) in [5.41, 5.74) is 5.40. The molecule has 0 unspecified atom stereocenters. The largest absolute Gasteiger partial charge is 0.135 e. The molecule has 0 spiro atoms.